The second kappa shape index (κ2) is 7.63. The molecule has 9 heteroatoms. The SMILES string of the molecule is Cc1ccc(Cl)cc1NC(=O)c1[nH]c(C)c(S(=O)(=O)N2CCOCC2)c1C. The Morgan fingerprint density at radius 1 is 1.22 bits per heavy atom. The molecule has 0 radical (unpaired) electrons. The molecule has 2 aromatic rings. The topological polar surface area (TPSA) is 91.5 Å². The molecule has 1 aliphatic heterocycles. The molecule has 0 unspecified atom stereocenters. The summed E-state index contributed by atoms with van der Waals surface area (Å²) in [5, 5.41) is 3.30. The number of nitrogens with one attached hydrogen (secondary N) is 2. The van der Waals surface area contributed by atoms with Gasteiger partial charge in [-0.05, 0) is 44.0 Å². The highest BCUT2D eigenvalue weighted by Gasteiger charge is 2.32. The number of H-pyrrole nitrogens is 1. The average Bonchev–Trinajstić information content (AvgIpc) is 2.94. The molecule has 146 valence electrons. The Morgan fingerprint density at radius 2 is 1.89 bits per heavy atom. The molecule has 1 aromatic heterocycles. The first-order valence-electron chi connectivity index (χ1n) is 8.56. The van der Waals surface area contributed by atoms with E-state index in [0.29, 0.717) is 48.3 Å². The molecule has 1 aliphatic rings. The molecule has 1 aromatic carbocycles. The Bertz CT molecular complexity index is 979. The summed E-state index contributed by atoms with van der Waals surface area (Å²) in [6.07, 6.45) is 0. The summed E-state index contributed by atoms with van der Waals surface area (Å²) in [7, 11) is -3.70. The maximum atomic E-state index is 13.0. The third-order valence-corrected chi connectivity index (χ3v) is 7.02. The number of benzene rings is 1. The van der Waals surface area contributed by atoms with Crippen molar-refractivity contribution in [1.82, 2.24) is 9.29 Å². The van der Waals surface area contributed by atoms with Crippen molar-refractivity contribution in [2.24, 2.45) is 0 Å². The highest BCUT2D eigenvalue weighted by atomic mass is 35.5. The molecule has 1 fully saturated rings. The van der Waals surface area contributed by atoms with Crippen molar-refractivity contribution in [3.8, 4) is 0 Å². The number of amides is 1. The lowest BCUT2D eigenvalue weighted by molar-refractivity contribution is 0.0730. The Kier molecular flexibility index (Phi) is 5.62. The number of nitrogens with zero attached hydrogens (tertiary/aromatic N) is 1. The smallest absolute Gasteiger partial charge is 0.272 e. The third-order valence-electron chi connectivity index (χ3n) is 4.61. The van der Waals surface area contributed by atoms with E-state index in [1.165, 1.54) is 4.31 Å². The van der Waals surface area contributed by atoms with Crippen molar-refractivity contribution in [1.29, 1.82) is 0 Å². The molecule has 0 saturated carbocycles. The van der Waals surface area contributed by atoms with Crippen LogP contribution in [0.15, 0.2) is 23.1 Å². The highest BCUT2D eigenvalue weighted by Crippen LogP contribution is 2.28. The molecule has 3 rings (SSSR count). The Labute approximate surface area is 163 Å². The summed E-state index contributed by atoms with van der Waals surface area (Å²) in [4.78, 5) is 15.8. The van der Waals surface area contributed by atoms with Crippen LogP contribution in [-0.4, -0.2) is 49.9 Å². The van der Waals surface area contributed by atoms with Gasteiger partial charge in [-0.3, -0.25) is 4.79 Å². The molecule has 0 bridgehead atoms. The van der Waals surface area contributed by atoms with E-state index in [4.69, 9.17) is 16.3 Å². The molecule has 0 aliphatic carbocycles. The molecule has 7 nitrogen and oxygen atoms in total. The van der Waals surface area contributed by atoms with Crippen molar-refractivity contribution in [3.63, 3.8) is 0 Å². The van der Waals surface area contributed by atoms with Crippen LogP contribution in [0, 0.1) is 20.8 Å². The molecule has 2 heterocycles. The van der Waals surface area contributed by atoms with Gasteiger partial charge in [0.1, 0.15) is 10.6 Å². The van der Waals surface area contributed by atoms with Crippen molar-refractivity contribution in [3.05, 3.63) is 45.7 Å². The lowest BCUT2D eigenvalue weighted by Crippen LogP contribution is -2.40. The van der Waals surface area contributed by atoms with E-state index in [9.17, 15) is 13.2 Å². The minimum atomic E-state index is -3.70. The van der Waals surface area contributed by atoms with Crippen LogP contribution in [0.2, 0.25) is 5.02 Å². The number of hydrogen-bond donors (Lipinski definition) is 2. The second-order valence-corrected chi connectivity index (χ2v) is 8.82. The number of aromatic nitrogens is 1. The van der Waals surface area contributed by atoms with Gasteiger partial charge >= 0.3 is 0 Å². The summed E-state index contributed by atoms with van der Waals surface area (Å²) in [6.45, 7) is 6.48. The number of aryl methyl sites for hydroxylation is 2. The summed E-state index contributed by atoms with van der Waals surface area (Å²) in [5.41, 5.74) is 2.49. The van der Waals surface area contributed by atoms with Gasteiger partial charge in [-0.25, -0.2) is 8.42 Å². The predicted octanol–water partition coefficient (Wildman–Crippen LogP) is 2.87. The van der Waals surface area contributed by atoms with Crippen molar-refractivity contribution in [2.45, 2.75) is 25.7 Å². The van der Waals surface area contributed by atoms with Gasteiger partial charge in [0.15, 0.2) is 0 Å². The fourth-order valence-electron chi connectivity index (χ4n) is 3.18. The van der Waals surface area contributed by atoms with Gasteiger partial charge in [0, 0.05) is 29.5 Å². The Morgan fingerprint density at radius 3 is 2.56 bits per heavy atom. The first kappa shape index (κ1) is 19.9. The van der Waals surface area contributed by atoms with Gasteiger partial charge in [-0.15, -0.1) is 0 Å². The number of aromatic amines is 1. The number of hydrogen-bond acceptors (Lipinski definition) is 4. The van der Waals surface area contributed by atoms with Gasteiger partial charge < -0.3 is 15.0 Å². The molecule has 27 heavy (non-hydrogen) atoms. The van der Waals surface area contributed by atoms with E-state index in [1.54, 1.807) is 32.0 Å². The lowest BCUT2D eigenvalue weighted by Gasteiger charge is -2.26. The molecule has 1 amide bonds. The maximum Gasteiger partial charge on any atom is 0.272 e. The van der Waals surface area contributed by atoms with Crippen LogP contribution < -0.4 is 5.32 Å². The molecular formula is C18H22ClN3O4S. The van der Waals surface area contributed by atoms with Crippen LogP contribution >= 0.6 is 11.6 Å². The summed E-state index contributed by atoms with van der Waals surface area (Å²) in [5.74, 6) is -0.413. The molecule has 2 N–H and O–H groups in total. The molecule has 1 saturated heterocycles. The van der Waals surface area contributed by atoms with E-state index < -0.39 is 15.9 Å². The summed E-state index contributed by atoms with van der Waals surface area (Å²) >= 11 is 6.00. The second-order valence-electron chi connectivity index (χ2n) is 6.51. The van der Waals surface area contributed by atoms with Gasteiger partial charge in [-0.1, -0.05) is 17.7 Å². The van der Waals surface area contributed by atoms with E-state index in [0.717, 1.165) is 5.56 Å². The monoisotopic (exact) mass is 411 g/mol. The largest absolute Gasteiger partial charge is 0.379 e. The van der Waals surface area contributed by atoms with Gasteiger partial charge in [0.05, 0.1) is 13.2 Å². The molecule has 0 atom stereocenters. The number of rotatable bonds is 4. The number of morpholine rings is 1. The minimum absolute atomic E-state index is 0.150. The quantitative estimate of drug-likeness (QED) is 0.809. The number of carbonyl (C=O) groups is 1. The van der Waals surface area contributed by atoms with Gasteiger partial charge in [0.25, 0.3) is 5.91 Å². The van der Waals surface area contributed by atoms with Crippen molar-refractivity contribution >= 4 is 33.2 Å². The molecule has 0 spiro atoms. The zero-order valence-electron chi connectivity index (χ0n) is 15.4. The Balaban J connectivity index is 1.93. The number of anilines is 1. The number of carbonyl (C=O) groups excluding carboxylic acids is 1. The fourth-order valence-corrected chi connectivity index (χ4v) is 5.16. The normalized spacial score (nSPS) is 15.7. The third kappa shape index (κ3) is 3.89. The number of ether oxygens (including phenoxy) is 1. The fraction of sp³-hybridized carbons (Fsp3) is 0.389. The van der Waals surface area contributed by atoms with Crippen LogP contribution in [0.1, 0.15) is 27.3 Å². The summed E-state index contributed by atoms with van der Waals surface area (Å²) < 4.78 is 32.7. The molecular weight excluding hydrogens is 390 g/mol. The van der Waals surface area contributed by atoms with Crippen LogP contribution in [-0.2, 0) is 14.8 Å². The van der Waals surface area contributed by atoms with Crippen molar-refractivity contribution in [2.75, 3.05) is 31.6 Å². The van der Waals surface area contributed by atoms with E-state index >= 15 is 0 Å². The predicted molar refractivity (Wildman–Crippen MR) is 104 cm³/mol. The summed E-state index contributed by atoms with van der Waals surface area (Å²) in [6, 6.07) is 5.20. The standard InChI is InChI=1S/C18H22ClN3O4S/c1-11-4-5-14(19)10-15(11)21-18(23)16-12(2)17(13(3)20-16)27(24,25)22-6-8-26-9-7-22/h4-5,10,20H,6-9H2,1-3H3,(H,21,23). The van der Waals surface area contributed by atoms with Crippen LogP contribution in [0.25, 0.3) is 0 Å². The maximum absolute atomic E-state index is 13.0. The average molecular weight is 412 g/mol. The minimum Gasteiger partial charge on any atom is -0.379 e. The number of halogens is 1. The lowest BCUT2D eigenvalue weighted by atomic mass is 10.2. The zero-order valence-corrected chi connectivity index (χ0v) is 17.0. The first-order valence-corrected chi connectivity index (χ1v) is 10.4. The van der Waals surface area contributed by atoms with Gasteiger partial charge in [-0.2, -0.15) is 4.31 Å². The van der Waals surface area contributed by atoms with Crippen molar-refractivity contribution < 1.29 is 17.9 Å². The Hall–Kier alpha value is -1.87. The van der Waals surface area contributed by atoms with Crippen LogP contribution in [0.5, 0.6) is 0 Å². The number of sulfonamides is 1. The van der Waals surface area contributed by atoms with E-state index in [2.05, 4.69) is 10.3 Å². The highest BCUT2D eigenvalue weighted by molar-refractivity contribution is 7.89. The van der Waals surface area contributed by atoms with E-state index in [1.807, 2.05) is 6.92 Å². The van der Waals surface area contributed by atoms with Crippen LogP contribution in [0.3, 0.4) is 0 Å². The van der Waals surface area contributed by atoms with Crippen LogP contribution in [0.4, 0.5) is 5.69 Å². The van der Waals surface area contributed by atoms with E-state index in [-0.39, 0.29) is 10.6 Å². The first-order chi connectivity index (χ1) is 12.7. The van der Waals surface area contributed by atoms with Gasteiger partial charge in [0.2, 0.25) is 10.0 Å². The zero-order chi connectivity index (χ0) is 19.8.